The highest BCUT2D eigenvalue weighted by molar-refractivity contribution is 9.10. The number of carbonyl (C=O) groups excluding carboxylic acids is 3. The van der Waals surface area contributed by atoms with Gasteiger partial charge in [0.1, 0.15) is 44.5 Å². The van der Waals surface area contributed by atoms with Gasteiger partial charge in [0.2, 0.25) is 17.7 Å². The minimum atomic E-state index is -3.67. The second-order valence-electron chi connectivity index (χ2n) is 20.1. The summed E-state index contributed by atoms with van der Waals surface area (Å²) in [6, 6.07) is 35.9. The molecule has 9 aromatic rings. The van der Waals surface area contributed by atoms with Crippen LogP contribution in [0.1, 0.15) is 73.6 Å². The Morgan fingerprint density at radius 1 is 0.583 bits per heavy atom. The number of nitrogens with zero attached hydrogens (tertiary/aromatic N) is 8. The summed E-state index contributed by atoms with van der Waals surface area (Å²) in [5, 5.41) is 40.8. The van der Waals surface area contributed by atoms with Crippen molar-refractivity contribution in [1.82, 2.24) is 34.6 Å². The molecule has 6 aromatic heterocycles. The molecule has 0 saturated heterocycles. The average Bonchev–Trinajstić information content (AvgIpc) is 3.12. The van der Waals surface area contributed by atoms with Crippen molar-refractivity contribution >= 4 is 93.4 Å². The second-order valence-corrected chi connectivity index (χ2v) is 22.3. The topological polar surface area (TPSA) is 338 Å². The summed E-state index contributed by atoms with van der Waals surface area (Å²) in [6.07, 6.45) is 11.9. The Morgan fingerprint density at radius 2 is 1.04 bits per heavy atom. The van der Waals surface area contributed by atoms with E-state index in [9.17, 15) is 48.1 Å². The molecule has 84 heavy (non-hydrogen) atoms. The maximum absolute atomic E-state index is 12.4. The van der Waals surface area contributed by atoms with E-state index in [2.05, 4.69) is 55.9 Å². The predicted octanol–water partition coefficient (Wildman–Crippen LogP) is 12.3. The van der Waals surface area contributed by atoms with E-state index in [0.29, 0.717) is 76.4 Å². The number of anilines is 1. The summed E-state index contributed by atoms with van der Waals surface area (Å²) >= 11 is 3.20. The lowest BCUT2D eigenvalue weighted by atomic mass is 9.82. The zero-order valence-corrected chi connectivity index (χ0v) is 49.1. The lowest BCUT2D eigenvalue weighted by Gasteiger charge is -2.20. The number of amides is 1. The number of Topliss-reactive ketones (excluding diaryl/α,β-unsaturated/α-hetero) is 2. The van der Waals surface area contributed by atoms with E-state index in [4.69, 9.17) is 14.6 Å². The molecule has 0 fully saturated rings. The molecule has 6 heterocycles. The third-order valence-electron chi connectivity index (χ3n) is 11.4. The number of nitrogens with two attached hydrogens (primary N) is 1. The number of rotatable bonds is 16. The van der Waals surface area contributed by atoms with Gasteiger partial charge < -0.3 is 19.9 Å². The molecule has 5 N–H and O–H groups in total. The van der Waals surface area contributed by atoms with E-state index in [1.165, 1.54) is 24.5 Å². The molecule has 23 nitrogen and oxygen atoms in total. The first kappa shape index (κ1) is 65.5. The zero-order chi connectivity index (χ0) is 61.5. The molecular weight excluding hydrogens is 1170 g/mol. The van der Waals surface area contributed by atoms with E-state index in [1.807, 2.05) is 84.0 Å². The number of ether oxygens (including phenoxy) is 2. The van der Waals surface area contributed by atoms with Crippen LogP contribution in [0.2, 0.25) is 0 Å². The number of carbonyl (C=O) groups is 3. The highest BCUT2D eigenvalue weighted by atomic mass is 79.9. The van der Waals surface area contributed by atoms with Crippen molar-refractivity contribution < 1.29 is 47.2 Å². The fourth-order valence-electron chi connectivity index (χ4n) is 7.05. The van der Waals surface area contributed by atoms with Gasteiger partial charge >= 0.3 is 0 Å². The Bertz CT molecular complexity index is 3780. The number of nitrogens with one attached hydrogen (secondary N) is 2. The van der Waals surface area contributed by atoms with Crippen molar-refractivity contribution in [3.05, 3.63) is 189 Å². The van der Waals surface area contributed by atoms with E-state index < -0.39 is 30.9 Å². The fraction of sp³-hybridized carbons (Fsp3) is 0.237. The van der Waals surface area contributed by atoms with Gasteiger partial charge in [0.25, 0.3) is 21.6 Å². The number of halogens is 1. The molecule has 0 spiro atoms. The molecule has 0 aliphatic heterocycles. The van der Waals surface area contributed by atoms with E-state index in [0.717, 1.165) is 16.1 Å². The van der Waals surface area contributed by atoms with Crippen LogP contribution in [0.4, 0.5) is 17.1 Å². The molecule has 1 amide bonds. The van der Waals surface area contributed by atoms with Crippen molar-refractivity contribution in [3.63, 3.8) is 0 Å². The normalized spacial score (nSPS) is 11.0. The molecule has 0 bridgehead atoms. The number of pyridine rings is 6. The first-order chi connectivity index (χ1) is 39.8. The average molecular weight is 1230 g/mol. The van der Waals surface area contributed by atoms with Gasteiger partial charge in [-0.3, -0.25) is 39.6 Å². The fourth-order valence-corrected chi connectivity index (χ4v) is 7.75. The van der Waals surface area contributed by atoms with Crippen molar-refractivity contribution in [3.8, 4) is 29.0 Å². The van der Waals surface area contributed by atoms with Crippen molar-refractivity contribution in [2.24, 2.45) is 16.0 Å². The number of non-ortho nitro benzene ring substituents is 2. The first-order valence-corrected chi connectivity index (χ1v) is 28.1. The number of nitro benzene ring substituents is 2. The summed E-state index contributed by atoms with van der Waals surface area (Å²) in [5.41, 5.74) is 0.772. The molecule has 25 heteroatoms. The predicted molar refractivity (Wildman–Crippen MR) is 323 cm³/mol. The van der Waals surface area contributed by atoms with Crippen LogP contribution >= 0.6 is 15.9 Å². The number of hydrogen-bond acceptors (Lipinski definition) is 18. The smallest absolute Gasteiger partial charge is 0.299 e. The molecule has 0 atom stereocenters. The highest BCUT2D eigenvalue weighted by Gasteiger charge is 2.29. The molecule has 0 aliphatic carbocycles. The van der Waals surface area contributed by atoms with Gasteiger partial charge in [-0.25, -0.2) is 34.8 Å². The van der Waals surface area contributed by atoms with Crippen LogP contribution in [-0.2, 0) is 24.6 Å². The zero-order valence-electron chi connectivity index (χ0n) is 46.7. The van der Waals surface area contributed by atoms with Gasteiger partial charge in [-0.05, 0) is 89.4 Å². The summed E-state index contributed by atoms with van der Waals surface area (Å²) in [4.78, 5) is 80.5. The number of nitro groups is 2. The number of fused-ring (bicyclic) bond motifs is 3. The quantitative estimate of drug-likeness (QED) is 0.0229. The van der Waals surface area contributed by atoms with Crippen LogP contribution in [0.3, 0.4) is 0 Å². The Morgan fingerprint density at radius 3 is 1.48 bits per heavy atom. The van der Waals surface area contributed by atoms with Crippen LogP contribution < -0.4 is 24.7 Å². The van der Waals surface area contributed by atoms with Gasteiger partial charge in [0.15, 0.2) is 0 Å². The van der Waals surface area contributed by atoms with Crippen molar-refractivity contribution in [1.29, 1.82) is 0 Å². The number of phenols is 1. The molecule has 3 aromatic carbocycles. The SMILES string of the molecule is Brc1ccccn1.CC(C)(C)C(=O)CC(=O)C(C)(C)C.NS(=O)(=O)NCCCCCC(=O)Nc1cc(Oc2ccccn2)cc2cccnc12.O=[N+]([O-])c1cc(O)cc2cccnc12.O=[N+]([O-])c1cc(Oc2ccccn2)cc2cccnc12. The van der Waals surface area contributed by atoms with E-state index >= 15 is 0 Å². The van der Waals surface area contributed by atoms with Crippen LogP contribution in [-0.4, -0.2) is 77.3 Å². The Hall–Kier alpha value is -9.30. The third kappa shape index (κ3) is 22.2. The highest BCUT2D eigenvalue weighted by Crippen LogP contribution is 2.33. The number of unbranched alkanes of at least 4 members (excludes halogenated alkanes) is 2. The van der Waals surface area contributed by atoms with Gasteiger partial charge in [-0.2, -0.15) is 8.42 Å². The van der Waals surface area contributed by atoms with Gasteiger partial charge in [-0.1, -0.05) is 84.4 Å². The Balaban J connectivity index is 0.000000207. The summed E-state index contributed by atoms with van der Waals surface area (Å²) in [5.74, 6) is 1.49. The molecular formula is C59H62BrN11O12S. The molecule has 0 unspecified atom stereocenters. The van der Waals surface area contributed by atoms with Gasteiger partial charge in [0, 0.05) is 95.3 Å². The lowest BCUT2D eigenvalue weighted by Crippen LogP contribution is -2.31. The van der Waals surface area contributed by atoms with Crippen molar-refractivity contribution in [2.45, 2.75) is 73.6 Å². The largest absolute Gasteiger partial charge is 0.508 e. The van der Waals surface area contributed by atoms with Crippen molar-refractivity contribution in [2.75, 3.05) is 11.9 Å². The third-order valence-corrected chi connectivity index (χ3v) is 12.5. The molecule has 0 aliphatic rings. The monoisotopic (exact) mass is 1230 g/mol. The first-order valence-electron chi connectivity index (χ1n) is 25.8. The lowest BCUT2D eigenvalue weighted by molar-refractivity contribution is -0.383. The van der Waals surface area contributed by atoms with Gasteiger partial charge in [-0.15, -0.1) is 0 Å². The minimum Gasteiger partial charge on any atom is -0.508 e. The van der Waals surface area contributed by atoms with Crippen LogP contribution in [0.5, 0.6) is 29.0 Å². The number of phenolic OH excluding ortho intramolecular Hbond substituents is 1. The summed E-state index contributed by atoms with van der Waals surface area (Å²) < 4.78 is 36.1. The standard InChI is InChI=1S/C20H23N5O4S.C14H9N3O3.C11H20O2.C9H6N2O3.C5H4BrN/c21-30(27,28)24-12-4-1-2-8-18(26)25-17-14-16(29-19-9-3-5-10-22-19)13-15-7-6-11-23-20(15)17;18-17(19)12-9-11(20-13-5-1-2-6-15-13)8-10-4-3-7-16-14(10)12;1-10(2,3)8(12)7-9(13)11(4,5)6;12-7-4-6-2-1-3-10-9(6)8(5-7)11(13)14;6-5-3-1-2-4-7-5/h3,5-7,9-11,13-14,24H,1-2,4,8,12H2,(H,25,26)(H2,21,27,28);1-9H;7H2,1-6H3;1-5,12H;1-4H. The molecule has 0 radical (unpaired) electrons. The summed E-state index contributed by atoms with van der Waals surface area (Å²) in [7, 11) is -3.67. The Labute approximate surface area is 492 Å². The Kier molecular flexibility index (Phi) is 24.3. The number of aromatic nitrogens is 6. The second kappa shape index (κ2) is 31.2. The van der Waals surface area contributed by atoms with Crippen LogP contribution in [0.25, 0.3) is 32.7 Å². The number of ketones is 2. The number of aromatic hydroxyl groups is 1. The summed E-state index contributed by atoms with van der Waals surface area (Å²) in [6.45, 7) is 11.3. The van der Waals surface area contributed by atoms with Crippen LogP contribution in [0.15, 0.2) is 169 Å². The minimum absolute atomic E-state index is 0.0208. The van der Waals surface area contributed by atoms with Crippen LogP contribution in [0, 0.1) is 31.1 Å². The molecule has 9 rings (SSSR count). The maximum atomic E-state index is 12.4. The van der Waals surface area contributed by atoms with E-state index in [1.54, 1.807) is 91.5 Å². The van der Waals surface area contributed by atoms with E-state index in [-0.39, 0.29) is 53.1 Å². The number of hydrogen-bond donors (Lipinski definition) is 4. The number of benzene rings is 3. The molecule has 438 valence electrons. The van der Waals surface area contributed by atoms with Gasteiger partial charge in [0.05, 0.1) is 39.6 Å². The molecule has 0 saturated carbocycles. The maximum Gasteiger partial charge on any atom is 0.299 e.